The van der Waals surface area contributed by atoms with Crippen LogP contribution in [-0.2, 0) is 6.54 Å². The number of methoxy groups -OCH3 is 1. The summed E-state index contributed by atoms with van der Waals surface area (Å²) in [6.07, 6.45) is 1.54. The maximum atomic E-state index is 12.9. The Morgan fingerprint density at radius 1 is 1.29 bits per heavy atom. The predicted octanol–water partition coefficient (Wildman–Crippen LogP) is 2.53. The summed E-state index contributed by atoms with van der Waals surface area (Å²) in [6, 6.07) is 12.2. The van der Waals surface area contributed by atoms with Crippen molar-refractivity contribution in [2.45, 2.75) is 13.5 Å². The van der Waals surface area contributed by atoms with Crippen LogP contribution in [0, 0.1) is 6.92 Å². The molecular weight excluding hydrogens is 360 g/mol. The van der Waals surface area contributed by atoms with Crippen molar-refractivity contribution in [1.82, 2.24) is 19.9 Å². The van der Waals surface area contributed by atoms with Crippen molar-refractivity contribution < 1.29 is 13.9 Å². The number of aromatic nitrogens is 3. The van der Waals surface area contributed by atoms with Crippen molar-refractivity contribution >= 4 is 11.6 Å². The fourth-order valence-electron chi connectivity index (χ4n) is 3.05. The minimum Gasteiger partial charge on any atom is -0.497 e. The van der Waals surface area contributed by atoms with E-state index in [1.165, 1.54) is 6.07 Å². The average molecular weight is 378 g/mol. The van der Waals surface area contributed by atoms with Crippen molar-refractivity contribution in [3.8, 4) is 16.9 Å². The molecule has 142 valence electrons. The first-order valence-electron chi connectivity index (χ1n) is 8.64. The minimum atomic E-state index is -0.369. The van der Waals surface area contributed by atoms with Crippen LogP contribution < -0.4 is 15.6 Å². The fourth-order valence-corrected chi connectivity index (χ4v) is 3.05. The van der Waals surface area contributed by atoms with Gasteiger partial charge in [0.05, 0.1) is 25.5 Å². The summed E-state index contributed by atoms with van der Waals surface area (Å²) in [7, 11) is 1.58. The summed E-state index contributed by atoms with van der Waals surface area (Å²) >= 11 is 0. The van der Waals surface area contributed by atoms with E-state index < -0.39 is 0 Å². The molecule has 0 aliphatic carbocycles. The maximum absolute atomic E-state index is 12.9. The molecule has 3 aromatic heterocycles. The Hall–Kier alpha value is -3.81. The van der Waals surface area contributed by atoms with Crippen LogP contribution in [0.3, 0.4) is 0 Å². The van der Waals surface area contributed by atoms with E-state index in [-0.39, 0.29) is 23.7 Å². The lowest BCUT2D eigenvalue weighted by atomic mass is 10.0. The van der Waals surface area contributed by atoms with Crippen molar-refractivity contribution in [1.29, 1.82) is 0 Å². The quantitative estimate of drug-likeness (QED) is 0.556. The number of nitrogens with zero attached hydrogens (tertiary/aromatic N) is 2. The first-order valence-corrected chi connectivity index (χ1v) is 8.64. The first-order chi connectivity index (χ1) is 13.6. The van der Waals surface area contributed by atoms with Gasteiger partial charge in [-0.25, -0.2) is 4.52 Å². The number of furan rings is 1. The highest BCUT2D eigenvalue weighted by molar-refractivity contribution is 6.02. The molecule has 8 nitrogen and oxygen atoms in total. The van der Waals surface area contributed by atoms with Crippen molar-refractivity contribution in [3.05, 3.63) is 76.2 Å². The van der Waals surface area contributed by atoms with Gasteiger partial charge in [0.15, 0.2) is 5.69 Å². The van der Waals surface area contributed by atoms with Crippen LogP contribution in [0.25, 0.3) is 16.8 Å². The van der Waals surface area contributed by atoms with Gasteiger partial charge in [-0.1, -0.05) is 12.1 Å². The number of hydrogen-bond acceptors (Lipinski definition) is 5. The zero-order chi connectivity index (χ0) is 19.7. The van der Waals surface area contributed by atoms with Gasteiger partial charge >= 0.3 is 0 Å². The molecule has 0 saturated heterocycles. The fraction of sp³-hybridized carbons (Fsp3) is 0.150. The van der Waals surface area contributed by atoms with E-state index in [0.717, 1.165) is 5.56 Å². The molecule has 28 heavy (non-hydrogen) atoms. The van der Waals surface area contributed by atoms with Gasteiger partial charge in [0, 0.05) is 11.8 Å². The number of fused-ring (bicyclic) bond motifs is 1. The Kier molecular flexibility index (Phi) is 4.44. The molecule has 2 N–H and O–H groups in total. The van der Waals surface area contributed by atoms with E-state index in [4.69, 9.17) is 9.15 Å². The topological polar surface area (TPSA) is 102 Å². The summed E-state index contributed by atoms with van der Waals surface area (Å²) < 4.78 is 12.0. The van der Waals surface area contributed by atoms with Gasteiger partial charge < -0.3 is 19.5 Å². The lowest BCUT2D eigenvalue weighted by Crippen LogP contribution is -2.23. The van der Waals surface area contributed by atoms with Crippen LogP contribution >= 0.6 is 0 Å². The second-order valence-electron chi connectivity index (χ2n) is 6.25. The number of nitrogens with one attached hydrogen (secondary N) is 2. The van der Waals surface area contributed by atoms with Crippen LogP contribution in [-0.4, -0.2) is 27.6 Å². The first kappa shape index (κ1) is 17.6. The molecule has 4 rings (SSSR count). The molecule has 4 aromatic rings. The van der Waals surface area contributed by atoms with Crippen LogP contribution in [0.4, 0.5) is 0 Å². The van der Waals surface area contributed by atoms with E-state index in [2.05, 4.69) is 15.4 Å². The molecule has 0 atom stereocenters. The number of hydrogen-bond donors (Lipinski definition) is 2. The number of rotatable bonds is 5. The summed E-state index contributed by atoms with van der Waals surface area (Å²) in [5, 5.41) is 7.25. The number of carbonyl (C=O) groups excluding carboxylic acids is 1. The highest BCUT2D eigenvalue weighted by Crippen LogP contribution is 2.29. The normalized spacial score (nSPS) is 10.9. The Morgan fingerprint density at radius 2 is 2.07 bits per heavy atom. The SMILES string of the molecule is COc1ccc(-c2c(C(=O)NCc3ccco3)nn3c(C)cc(=O)[nH]c23)cc1. The van der Waals surface area contributed by atoms with E-state index in [0.29, 0.717) is 28.4 Å². The summed E-state index contributed by atoms with van der Waals surface area (Å²) in [4.78, 5) is 27.7. The van der Waals surface area contributed by atoms with Gasteiger partial charge in [-0.05, 0) is 36.8 Å². The molecule has 0 saturated carbocycles. The molecule has 1 amide bonds. The Morgan fingerprint density at radius 3 is 2.75 bits per heavy atom. The number of benzene rings is 1. The molecule has 0 radical (unpaired) electrons. The second kappa shape index (κ2) is 7.07. The standard InChI is InChI=1S/C20H18N4O4/c1-12-10-16(25)22-19-17(13-5-7-14(27-2)8-6-13)18(23-24(12)19)20(26)21-11-15-4-3-9-28-15/h3-10H,11H2,1-2H3,(H,21,26)(H,22,25). The van der Waals surface area contributed by atoms with E-state index >= 15 is 0 Å². The summed E-state index contributed by atoms with van der Waals surface area (Å²) in [5.41, 5.74) is 2.31. The van der Waals surface area contributed by atoms with Crippen molar-refractivity contribution in [3.63, 3.8) is 0 Å². The molecular formula is C20H18N4O4. The van der Waals surface area contributed by atoms with Gasteiger partial charge in [-0.15, -0.1) is 0 Å². The van der Waals surface area contributed by atoms with Crippen LogP contribution in [0.1, 0.15) is 21.9 Å². The zero-order valence-electron chi connectivity index (χ0n) is 15.4. The van der Waals surface area contributed by atoms with Gasteiger partial charge in [0.2, 0.25) is 0 Å². The number of aryl methyl sites for hydroxylation is 1. The molecule has 0 fully saturated rings. The number of carbonyl (C=O) groups is 1. The molecule has 0 unspecified atom stereocenters. The molecule has 0 spiro atoms. The molecule has 0 aliphatic heterocycles. The number of ether oxygens (including phenoxy) is 1. The third-order valence-corrected chi connectivity index (χ3v) is 4.40. The number of amides is 1. The Labute approximate surface area is 159 Å². The van der Waals surface area contributed by atoms with Crippen molar-refractivity contribution in [2.24, 2.45) is 0 Å². The lowest BCUT2D eigenvalue weighted by molar-refractivity contribution is 0.0943. The molecule has 8 heteroatoms. The predicted molar refractivity (Wildman–Crippen MR) is 102 cm³/mol. The highest BCUT2D eigenvalue weighted by atomic mass is 16.5. The molecule has 3 heterocycles. The smallest absolute Gasteiger partial charge is 0.272 e. The summed E-state index contributed by atoms with van der Waals surface area (Å²) in [6.45, 7) is 1.99. The van der Waals surface area contributed by atoms with Crippen LogP contribution in [0.5, 0.6) is 5.75 Å². The maximum Gasteiger partial charge on any atom is 0.272 e. The van der Waals surface area contributed by atoms with Gasteiger partial charge in [0.25, 0.3) is 11.5 Å². The van der Waals surface area contributed by atoms with Gasteiger partial charge in [0.1, 0.15) is 17.2 Å². The third kappa shape index (κ3) is 3.16. The van der Waals surface area contributed by atoms with Crippen LogP contribution in [0.15, 0.2) is 57.9 Å². The lowest BCUT2D eigenvalue weighted by Gasteiger charge is -2.06. The van der Waals surface area contributed by atoms with Gasteiger partial charge in [-0.3, -0.25) is 9.59 Å². The highest BCUT2D eigenvalue weighted by Gasteiger charge is 2.22. The number of H-pyrrole nitrogens is 1. The molecule has 1 aromatic carbocycles. The largest absolute Gasteiger partial charge is 0.497 e. The third-order valence-electron chi connectivity index (χ3n) is 4.40. The minimum absolute atomic E-state index is 0.210. The average Bonchev–Trinajstić information content (AvgIpc) is 3.34. The van der Waals surface area contributed by atoms with E-state index in [1.807, 2.05) is 12.1 Å². The van der Waals surface area contributed by atoms with E-state index in [9.17, 15) is 9.59 Å². The molecule has 0 bridgehead atoms. The van der Waals surface area contributed by atoms with Gasteiger partial charge in [-0.2, -0.15) is 5.10 Å². The summed E-state index contributed by atoms with van der Waals surface area (Å²) in [5.74, 6) is 0.951. The molecule has 0 aliphatic rings. The van der Waals surface area contributed by atoms with Crippen LogP contribution in [0.2, 0.25) is 0 Å². The number of aromatic amines is 1. The second-order valence-corrected chi connectivity index (χ2v) is 6.25. The Bertz CT molecular complexity index is 1190. The van der Waals surface area contributed by atoms with Crippen molar-refractivity contribution in [2.75, 3.05) is 7.11 Å². The zero-order valence-corrected chi connectivity index (χ0v) is 15.4. The monoisotopic (exact) mass is 378 g/mol. The van der Waals surface area contributed by atoms with E-state index in [1.54, 1.807) is 49.1 Å². The Balaban J connectivity index is 1.83.